The smallest absolute Gasteiger partial charge is 0.141 e. The van der Waals surface area contributed by atoms with Gasteiger partial charge in [-0.2, -0.15) is 0 Å². The van der Waals surface area contributed by atoms with Gasteiger partial charge in [0.1, 0.15) is 5.75 Å². The summed E-state index contributed by atoms with van der Waals surface area (Å²) in [5, 5.41) is 1.19. The van der Waals surface area contributed by atoms with Gasteiger partial charge >= 0.3 is 0 Å². The third-order valence-electron chi connectivity index (χ3n) is 3.30. The van der Waals surface area contributed by atoms with E-state index in [1.807, 2.05) is 6.07 Å². The molecule has 0 bridgehead atoms. The zero-order chi connectivity index (χ0) is 14.4. The third kappa shape index (κ3) is 5.21. The molecule has 2 unspecified atom stereocenters. The Kier molecular flexibility index (Phi) is 6.98. The molecule has 2 atom stereocenters. The van der Waals surface area contributed by atoms with E-state index in [1.54, 1.807) is 6.07 Å². The SMILES string of the molecule is CCC(C)COc1c(Cl)cc(Cl)cc1CC(N)CC. The molecule has 0 heterocycles. The van der Waals surface area contributed by atoms with Crippen molar-refractivity contribution in [1.29, 1.82) is 0 Å². The largest absolute Gasteiger partial charge is 0.491 e. The van der Waals surface area contributed by atoms with Crippen LogP contribution < -0.4 is 10.5 Å². The van der Waals surface area contributed by atoms with Crippen LogP contribution in [-0.2, 0) is 6.42 Å². The molecule has 4 heteroatoms. The maximum absolute atomic E-state index is 6.24. The van der Waals surface area contributed by atoms with Gasteiger partial charge in [0.25, 0.3) is 0 Å². The Morgan fingerprint density at radius 1 is 1.21 bits per heavy atom. The van der Waals surface area contributed by atoms with Gasteiger partial charge in [-0.3, -0.25) is 0 Å². The third-order valence-corrected chi connectivity index (χ3v) is 3.80. The van der Waals surface area contributed by atoms with Gasteiger partial charge in [0.15, 0.2) is 0 Å². The number of rotatable bonds is 7. The fourth-order valence-electron chi connectivity index (χ4n) is 1.70. The lowest BCUT2D eigenvalue weighted by Gasteiger charge is -2.18. The van der Waals surface area contributed by atoms with Crippen LogP contribution in [0.1, 0.15) is 39.2 Å². The highest BCUT2D eigenvalue weighted by molar-refractivity contribution is 6.35. The van der Waals surface area contributed by atoms with Crippen LogP contribution in [0.25, 0.3) is 0 Å². The van der Waals surface area contributed by atoms with E-state index in [0.29, 0.717) is 22.6 Å². The van der Waals surface area contributed by atoms with Gasteiger partial charge in [-0.1, -0.05) is 50.4 Å². The van der Waals surface area contributed by atoms with Crippen molar-refractivity contribution in [2.45, 2.75) is 46.1 Å². The van der Waals surface area contributed by atoms with Crippen molar-refractivity contribution in [3.63, 3.8) is 0 Å². The van der Waals surface area contributed by atoms with Crippen LogP contribution >= 0.6 is 23.2 Å². The van der Waals surface area contributed by atoms with Gasteiger partial charge in [-0.15, -0.1) is 0 Å². The molecule has 0 aliphatic rings. The summed E-state index contributed by atoms with van der Waals surface area (Å²) in [4.78, 5) is 0. The average molecular weight is 304 g/mol. The van der Waals surface area contributed by atoms with Crippen LogP contribution in [-0.4, -0.2) is 12.6 Å². The Balaban J connectivity index is 2.92. The highest BCUT2D eigenvalue weighted by Crippen LogP contribution is 2.33. The monoisotopic (exact) mass is 303 g/mol. The first-order valence-electron chi connectivity index (χ1n) is 6.84. The normalized spacial score (nSPS) is 14.2. The second-order valence-electron chi connectivity index (χ2n) is 5.07. The first-order valence-corrected chi connectivity index (χ1v) is 7.59. The maximum atomic E-state index is 6.24. The van der Waals surface area contributed by atoms with Gasteiger partial charge in [0, 0.05) is 11.1 Å². The Morgan fingerprint density at radius 2 is 1.89 bits per heavy atom. The van der Waals surface area contributed by atoms with E-state index in [-0.39, 0.29) is 6.04 Å². The Morgan fingerprint density at radius 3 is 2.47 bits per heavy atom. The molecule has 2 N–H and O–H groups in total. The lowest BCUT2D eigenvalue weighted by molar-refractivity contribution is 0.254. The highest BCUT2D eigenvalue weighted by Gasteiger charge is 2.14. The van der Waals surface area contributed by atoms with Crippen molar-refractivity contribution in [1.82, 2.24) is 0 Å². The summed E-state index contributed by atoms with van der Waals surface area (Å²) in [6.45, 7) is 7.02. The molecule has 2 nitrogen and oxygen atoms in total. The Hall–Kier alpha value is -0.440. The molecule has 0 saturated heterocycles. The Bertz CT molecular complexity index is 409. The van der Waals surface area contributed by atoms with E-state index < -0.39 is 0 Å². The fourth-order valence-corrected chi connectivity index (χ4v) is 2.29. The zero-order valence-corrected chi connectivity index (χ0v) is 13.4. The molecule has 0 fully saturated rings. The van der Waals surface area contributed by atoms with Gasteiger partial charge in [-0.25, -0.2) is 0 Å². The number of ether oxygens (including phenoxy) is 1. The Labute approximate surface area is 126 Å². The topological polar surface area (TPSA) is 35.2 Å². The van der Waals surface area contributed by atoms with E-state index >= 15 is 0 Å². The molecule has 1 aromatic rings. The van der Waals surface area contributed by atoms with Crippen molar-refractivity contribution in [3.05, 3.63) is 27.7 Å². The van der Waals surface area contributed by atoms with E-state index in [2.05, 4.69) is 20.8 Å². The number of hydrogen-bond donors (Lipinski definition) is 1. The van der Waals surface area contributed by atoms with Crippen molar-refractivity contribution in [3.8, 4) is 5.75 Å². The quantitative estimate of drug-likeness (QED) is 0.792. The molecule has 1 rings (SSSR count). The lowest BCUT2D eigenvalue weighted by atomic mass is 10.0. The van der Waals surface area contributed by atoms with Crippen LogP contribution in [0, 0.1) is 5.92 Å². The van der Waals surface area contributed by atoms with E-state index in [0.717, 1.165) is 30.6 Å². The lowest BCUT2D eigenvalue weighted by Crippen LogP contribution is -2.22. The van der Waals surface area contributed by atoms with Crippen LogP contribution in [0.4, 0.5) is 0 Å². The summed E-state index contributed by atoms with van der Waals surface area (Å²) in [7, 11) is 0. The molecule has 0 amide bonds. The van der Waals surface area contributed by atoms with Gasteiger partial charge in [0.05, 0.1) is 11.6 Å². The predicted molar refractivity (Wildman–Crippen MR) is 83.4 cm³/mol. The van der Waals surface area contributed by atoms with Gasteiger partial charge in [-0.05, 0) is 36.5 Å². The minimum atomic E-state index is 0.0977. The maximum Gasteiger partial charge on any atom is 0.141 e. The van der Waals surface area contributed by atoms with Crippen molar-refractivity contribution in [2.75, 3.05) is 6.61 Å². The van der Waals surface area contributed by atoms with Crippen molar-refractivity contribution >= 4 is 23.2 Å². The molecule has 0 radical (unpaired) electrons. The number of nitrogens with two attached hydrogens (primary N) is 1. The molecule has 1 aromatic carbocycles. The minimum absolute atomic E-state index is 0.0977. The van der Waals surface area contributed by atoms with Crippen LogP contribution in [0.15, 0.2) is 12.1 Å². The number of benzene rings is 1. The standard InChI is InChI=1S/C15H23Cl2NO/c1-4-10(3)9-19-15-11(7-13(18)5-2)6-12(16)8-14(15)17/h6,8,10,13H,4-5,7,9,18H2,1-3H3. The molecule has 19 heavy (non-hydrogen) atoms. The summed E-state index contributed by atoms with van der Waals surface area (Å²) in [5.74, 6) is 1.23. The zero-order valence-electron chi connectivity index (χ0n) is 11.9. The molecular formula is C15H23Cl2NO. The summed E-state index contributed by atoms with van der Waals surface area (Å²) < 4.78 is 5.87. The summed E-state index contributed by atoms with van der Waals surface area (Å²) in [6, 6.07) is 3.71. The van der Waals surface area contributed by atoms with E-state index in [4.69, 9.17) is 33.7 Å². The predicted octanol–water partition coefficient (Wildman–Crippen LogP) is 4.70. The van der Waals surface area contributed by atoms with Gasteiger partial charge in [0.2, 0.25) is 0 Å². The molecule has 108 valence electrons. The first kappa shape index (κ1) is 16.6. The average Bonchev–Trinajstić information content (AvgIpc) is 2.36. The van der Waals surface area contributed by atoms with Crippen LogP contribution in [0.2, 0.25) is 10.0 Å². The van der Waals surface area contributed by atoms with Crippen LogP contribution in [0.5, 0.6) is 5.75 Å². The van der Waals surface area contributed by atoms with Crippen molar-refractivity contribution < 1.29 is 4.74 Å². The molecule has 0 aliphatic heterocycles. The summed E-state index contributed by atoms with van der Waals surface area (Å²) >= 11 is 12.3. The molecule has 0 spiro atoms. The summed E-state index contributed by atoms with van der Waals surface area (Å²) in [5.41, 5.74) is 7.01. The van der Waals surface area contributed by atoms with E-state index in [1.165, 1.54) is 0 Å². The molecule has 0 aromatic heterocycles. The number of hydrogen-bond acceptors (Lipinski definition) is 2. The second kappa shape index (κ2) is 7.98. The number of halogens is 2. The highest BCUT2D eigenvalue weighted by atomic mass is 35.5. The minimum Gasteiger partial charge on any atom is -0.491 e. The second-order valence-corrected chi connectivity index (χ2v) is 5.92. The van der Waals surface area contributed by atoms with E-state index in [9.17, 15) is 0 Å². The summed E-state index contributed by atoms with van der Waals surface area (Å²) in [6.07, 6.45) is 2.72. The molecule has 0 saturated carbocycles. The molecule has 0 aliphatic carbocycles. The molecular weight excluding hydrogens is 281 g/mol. The first-order chi connectivity index (χ1) is 8.97. The van der Waals surface area contributed by atoms with Gasteiger partial charge < -0.3 is 10.5 Å². The van der Waals surface area contributed by atoms with Crippen molar-refractivity contribution in [2.24, 2.45) is 11.7 Å². The fraction of sp³-hybridized carbons (Fsp3) is 0.600. The van der Waals surface area contributed by atoms with Crippen LogP contribution in [0.3, 0.4) is 0 Å².